The molecule has 0 aliphatic heterocycles. The largest absolute Gasteiger partial charge is 0.450 e. The fraction of sp³-hybridized carbons (Fsp3) is 0.867. The first-order chi connectivity index (χ1) is 9.69. The van der Waals surface area contributed by atoms with Crippen LogP contribution in [0.4, 0.5) is 4.79 Å². The fourth-order valence-electron chi connectivity index (χ4n) is 3.61. The summed E-state index contributed by atoms with van der Waals surface area (Å²) in [4.78, 5) is 23.1. The van der Waals surface area contributed by atoms with Crippen LogP contribution in [-0.4, -0.2) is 36.9 Å². The van der Waals surface area contributed by atoms with Crippen molar-refractivity contribution in [2.45, 2.75) is 53.0 Å². The lowest BCUT2D eigenvalue weighted by molar-refractivity contribution is -0.120. The zero-order chi connectivity index (χ0) is 16.1. The molecule has 122 valence electrons. The van der Waals surface area contributed by atoms with Crippen molar-refractivity contribution in [2.75, 3.05) is 18.9 Å². The first-order valence-electron chi connectivity index (χ1n) is 7.50. The molecule has 2 unspecified atom stereocenters. The van der Waals surface area contributed by atoms with Gasteiger partial charge in [0.25, 0.3) is 0 Å². The molecule has 2 amide bonds. The smallest absolute Gasteiger partial charge is 0.407 e. The van der Waals surface area contributed by atoms with Crippen LogP contribution in [-0.2, 0) is 9.53 Å². The molecule has 0 bridgehead atoms. The second kappa shape index (κ2) is 7.38. The molecule has 5 nitrogen and oxygen atoms in total. The molecule has 0 aromatic rings. The third-order valence-electron chi connectivity index (χ3n) is 3.89. The Morgan fingerprint density at radius 2 is 1.95 bits per heavy atom. The highest BCUT2D eigenvalue weighted by molar-refractivity contribution is 7.81. The number of hydrogen-bond acceptors (Lipinski definition) is 4. The van der Waals surface area contributed by atoms with Gasteiger partial charge in [0.15, 0.2) is 0 Å². The molecule has 1 aliphatic carbocycles. The predicted octanol–water partition coefficient (Wildman–Crippen LogP) is 2.36. The van der Waals surface area contributed by atoms with Gasteiger partial charge in [0, 0.05) is 12.6 Å². The first-order valence-corrected chi connectivity index (χ1v) is 8.14. The van der Waals surface area contributed by atoms with Crippen LogP contribution in [0.25, 0.3) is 0 Å². The van der Waals surface area contributed by atoms with Crippen LogP contribution in [0.1, 0.15) is 47.0 Å². The van der Waals surface area contributed by atoms with Gasteiger partial charge in [0.05, 0.1) is 12.4 Å². The van der Waals surface area contributed by atoms with E-state index in [0.717, 1.165) is 19.3 Å². The maximum Gasteiger partial charge on any atom is 0.407 e. The second-order valence-electron chi connectivity index (χ2n) is 7.06. The minimum Gasteiger partial charge on any atom is -0.450 e. The predicted molar refractivity (Wildman–Crippen MR) is 86.5 cm³/mol. The van der Waals surface area contributed by atoms with Crippen molar-refractivity contribution in [1.82, 2.24) is 10.6 Å². The average molecular weight is 316 g/mol. The van der Waals surface area contributed by atoms with E-state index in [1.54, 1.807) is 6.92 Å². The quantitative estimate of drug-likeness (QED) is 0.682. The molecule has 21 heavy (non-hydrogen) atoms. The van der Waals surface area contributed by atoms with Crippen LogP contribution in [0, 0.1) is 10.8 Å². The van der Waals surface area contributed by atoms with E-state index in [0.29, 0.717) is 13.2 Å². The molecular formula is C15H28N2O3S. The molecule has 0 saturated heterocycles. The third kappa shape index (κ3) is 6.16. The first kappa shape index (κ1) is 18.1. The average Bonchev–Trinajstić information content (AvgIpc) is 2.34. The summed E-state index contributed by atoms with van der Waals surface area (Å²) < 4.78 is 4.91. The summed E-state index contributed by atoms with van der Waals surface area (Å²) in [5.41, 5.74) is 0.0704. The van der Waals surface area contributed by atoms with E-state index in [-0.39, 0.29) is 34.6 Å². The van der Waals surface area contributed by atoms with Crippen LogP contribution in [0.3, 0.4) is 0 Å². The molecule has 0 radical (unpaired) electrons. The van der Waals surface area contributed by atoms with Crippen LogP contribution < -0.4 is 10.6 Å². The number of hydrogen-bond donors (Lipinski definition) is 3. The zero-order valence-electron chi connectivity index (χ0n) is 13.5. The number of amides is 2. The highest BCUT2D eigenvalue weighted by Gasteiger charge is 2.41. The Bertz CT molecular complexity index is 387. The minimum absolute atomic E-state index is 0.0401. The summed E-state index contributed by atoms with van der Waals surface area (Å²) in [5.74, 6) is 0.163. The van der Waals surface area contributed by atoms with E-state index >= 15 is 0 Å². The Hall–Kier alpha value is -0.910. The van der Waals surface area contributed by atoms with Gasteiger partial charge in [0.1, 0.15) is 0 Å². The number of carbonyl (C=O) groups is 2. The molecule has 1 aliphatic rings. The number of thiol groups is 1. The molecule has 1 rings (SSSR count). The minimum atomic E-state index is -0.377. The summed E-state index contributed by atoms with van der Waals surface area (Å²) >= 11 is 4.01. The van der Waals surface area contributed by atoms with E-state index in [1.807, 2.05) is 0 Å². The molecule has 0 heterocycles. The SMILES string of the molecule is CCOC(=O)NCC1(C)CC(NC(=O)CS)CC(C)(C)C1. The van der Waals surface area contributed by atoms with E-state index in [1.165, 1.54) is 0 Å². The van der Waals surface area contributed by atoms with Gasteiger partial charge in [-0.3, -0.25) is 4.79 Å². The number of nitrogens with one attached hydrogen (secondary N) is 2. The molecule has 1 saturated carbocycles. The Morgan fingerprint density at radius 3 is 2.52 bits per heavy atom. The maximum atomic E-state index is 11.6. The van der Waals surface area contributed by atoms with Gasteiger partial charge in [-0.15, -0.1) is 0 Å². The zero-order valence-corrected chi connectivity index (χ0v) is 14.4. The van der Waals surface area contributed by atoms with Crippen LogP contribution in [0.15, 0.2) is 0 Å². The van der Waals surface area contributed by atoms with Gasteiger partial charge < -0.3 is 15.4 Å². The normalized spacial score (nSPS) is 27.8. The van der Waals surface area contributed by atoms with Gasteiger partial charge in [-0.05, 0) is 37.0 Å². The lowest BCUT2D eigenvalue weighted by Crippen LogP contribution is -2.50. The van der Waals surface area contributed by atoms with Crippen molar-refractivity contribution in [2.24, 2.45) is 10.8 Å². The van der Waals surface area contributed by atoms with Crippen LogP contribution in [0.2, 0.25) is 0 Å². The molecule has 0 aromatic heterocycles. The number of alkyl carbamates (subject to hydrolysis) is 1. The molecule has 0 spiro atoms. The van der Waals surface area contributed by atoms with Crippen molar-refractivity contribution < 1.29 is 14.3 Å². The molecule has 2 atom stereocenters. The van der Waals surface area contributed by atoms with Crippen LogP contribution in [0.5, 0.6) is 0 Å². The fourth-order valence-corrected chi connectivity index (χ4v) is 3.70. The van der Waals surface area contributed by atoms with Crippen molar-refractivity contribution in [1.29, 1.82) is 0 Å². The van der Waals surface area contributed by atoms with Crippen LogP contribution >= 0.6 is 12.6 Å². The molecule has 1 fully saturated rings. The van der Waals surface area contributed by atoms with E-state index < -0.39 is 0 Å². The summed E-state index contributed by atoms with van der Waals surface area (Å²) in [7, 11) is 0. The lowest BCUT2D eigenvalue weighted by atomic mass is 9.62. The summed E-state index contributed by atoms with van der Waals surface area (Å²) in [6.45, 7) is 9.27. The van der Waals surface area contributed by atoms with Gasteiger partial charge in [-0.2, -0.15) is 12.6 Å². The Kier molecular flexibility index (Phi) is 6.38. The van der Waals surface area contributed by atoms with Gasteiger partial charge in [-0.1, -0.05) is 20.8 Å². The Labute approximate surface area is 133 Å². The summed E-state index contributed by atoms with van der Waals surface area (Å²) in [6, 6.07) is 0.127. The Morgan fingerprint density at radius 1 is 1.29 bits per heavy atom. The molecular weight excluding hydrogens is 288 g/mol. The number of carbonyl (C=O) groups excluding carboxylic acids is 2. The van der Waals surface area contributed by atoms with Crippen molar-refractivity contribution >= 4 is 24.6 Å². The maximum absolute atomic E-state index is 11.6. The molecule has 2 N–H and O–H groups in total. The highest BCUT2D eigenvalue weighted by Crippen LogP contribution is 2.45. The highest BCUT2D eigenvalue weighted by atomic mass is 32.1. The number of rotatable bonds is 5. The second-order valence-corrected chi connectivity index (χ2v) is 7.37. The monoisotopic (exact) mass is 316 g/mol. The topological polar surface area (TPSA) is 67.4 Å². The van der Waals surface area contributed by atoms with Crippen molar-refractivity contribution in [3.63, 3.8) is 0 Å². The summed E-state index contributed by atoms with van der Waals surface area (Å²) in [6.07, 6.45) is 2.42. The van der Waals surface area contributed by atoms with Gasteiger partial charge in [-0.25, -0.2) is 4.79 Å². The van der Waals surface area contributed by atoms with E-state index in [9.17, 15) is 9.59 Å². The number of ether oxygens (including phenoxy) is 1. The van der Waals surface area contributed by atoms with Crippen molar-refractivity contribution in [3.05, 3.63) is 0 Å². The van der Waals surface area contributed by atoms with E-state index in [4.69, 9.17) is 4.74 Å². The molecule has 0 aromatic carbocycles. The van der Waals surface area contributed by atoms with E-state index in [2.05, 4.69) is 44.0 Å². The van der Waals surface area contributed by atoms with Gasteiger partial charge in [0.2, 0.25) is 5.91 Å². The lowest BCUT2D eigenvalue weighted by Gasteiger charge is -2.46. The van der Waals surface area contributed by atoms with Crippen molar-refractivity contribution in [3.8, 4) is 0 Å². The summed E-state index contributed by atoms with van der Waals surface area (Å²) in [5, 5.41) is 5.86. The van der Waals surface area contributed by atoms with Gasteiger partial charge >= 0.3 is 6.09 Å². The molecule has 6 heteroatoms. The standard InChI is InChI=1S/C15H28N2O3S/c1-5-20-13(19)16-10-15(4)7-11(17-12(18)8-21)6-14(2,3)9-15/h11,21H,5-10H2,1-4H3,(H,16,19)(H,17,18). The Balaban J connectivity index is 2.66. The third-order valence-corrected chi connectivity index (χ3v) is 4.17.